The Balaban J connectivity index is 1.84. The van der Waals surface area contributed by atoms with Crippen molar-refractivity contribution in [3.8, 4) is 0 Å². The Labute approximate surface area is 98.2 Å². The molecule has 1 atom stereocenters. The first-order valence-electron chi connectivity index (χ1n) is 5.34. The highest BCUT2D eigenvalue weighted by Gasteiger charge is 2.24. The lowest BCUT2D eigenvalue weighted by molar-refractivity contribution is -0.119. The molecule has 90 valence electrons. The van der Waals surface area contributed by atoms with Crippen LogP contribution in [-0.2, 0) is 14.3 Å². The van der Waals surface area contributed by atoms with E-state index in [4.69, 9.17) is 10.5 Å². The summed E-state index contributed by atoms with van der Waals surface area (Å²) in [6.45, 7) is 0.421. The van der Waals surface area contributed by atoms with Gasteiger partial charge in [-0.1, -0.05) is 0 Å². The maximum Gasteiger partial charge on any atom is 0.233 e. The molecule has 0 radical (unpaired) electrons. The van der Waals surface area contributed by atoms with Gasteiger partial charge in [-0.05, 0) is 12.2 Å². The summed E-state index contributed by atoms with van der Waals surface area (Å²) in [7, 11) is 0. The summed E-state index contributed by atoms with van der Waals surface area (Å²) in [6, 6.07) is 0. The highest BCUT2D eigenvalue weighted by Crippen LogP contribution is 2.21. The van der Waals surface area contributed by atoms with Crippen molar-refractivity contribution in [3.05, 3.63) is 24.0 Å². The lowest BCUT2D eigenvalue weighted by Crippen LogP contribution is -2.32. The predicted molar refractivity (Wildman–Crippen MR) is 61.2 cm³/mol. The number of hydrogen-bond acceptors (Lipinski definition) is 5. The molecule has 6 nitrogen and oxygen atoms in total. The van der Waals surface area contributed by atoms with Crippen LogP contribution in [0.1, 0.15) is 6.42 Å². The molecule has 1 aliphatic heterocycles. The third-order valence-corrected chi connectivity index (χ3v) is 2.38. The second kappa shape index (κ2) is 4.92. The molecule has 2 rings (SSSR count). The molecule has 0 aromatic carbocycles. The first kappa shape index (κ1) is 11.5. The SMILES string of the molecule is NCC(=O)NCCC1N=C2C=CC(=O)C=C2O1. The zero-order valence-electron chi connectivity index (χ0n) is 9.18. The molecule has 0 saturated heterocycles. The van der Waals surface area contributed by atoms with E-state index < -0.39 is 0 Å². The van der Waals surface area contributed by atoms with Crippen LogP contribution in [0.2, 0.25) is 0 Å². The first-order chi connectivity index (χ1) is 8.19. The molecule has 17 heavy (non-hydrogen) atoms. The molecule has 2 aliphatic rings. The Hall–Kier alpha value is -1.95. The normalized spacial score (nSPS) is 21.5. The van der Waals surface area contributed by atoms with E-state index in [0.29, 0.717) is 24.4 Å². The monoisotopic (exact) mass is 235 g/mol. The van der Waals surface area contributed by atoms with Crippen LogP contribution in [0.4, 0.5) is 0 Å². The van der Waals surface area contributed by atoms with Gasteiger partial charge in [0, 0.05) is 19.0 Å². The molecule has 3 N–H and O–H groups in total. The van der Waals surface area contributed by atoms with E-state index in [1.165, 1.54) is 12.2 Å². The van der Waals surface area contributed by atoms with E-state index in [2.05, 4.69) is 10.3 Å². The van der Waals surface area contributed by atoms with Crippen LogP contribution < -0.4 is 11.1 Å². The number of carbonyl (C=O) groups is 2. The van der Waals surface area contributed by atoms with Crippen molar-refractivity contribution in [1.29, 1.82) is 0 Å². The fourth-order valence-corrected chi connectivity index (χ4v) is 1.55. The van der Waals surface area contributed by atoms with Crippen LogP contribution >= 0.6 is 0 Å². The van der Waals surface area contributed by atoms with Crippen LogP contribution in [-0.4, -0.2) is 36.7 Å². The summed E-state index contributed by atoms with van der Waals surface area (Å²) in [6.07, 6.45) is 4.71. The van der Waals surface area contributed by atoms with E-state index in [0.717, 1.165) is 0 Å². The minimum Gasteiger partial charge on any atom is -0.466 e. The number of ketones is 1. The fourth-order valence-electron chi connectivity index (χ4n) is 1.55. The van der Waals surface area contributed by atoms with Gasteiger partial charge in [-0.15, -0.1) is 0 Å². The fraction of sp³-hybridized carbons (Fsp3) is 0.364. The Morgan fingerprint density at radius 3 is 3.12 bits per heavy atom. The molecule has 1 heterocycles. The van der Waals surface area contributed by atoms with Crippen LogP contribution in [0.25, 0.3) is 0 Å². The predicted octanol–water partition coefficient (Wildman–Crippen LogP) is -0.728. The Kier molecular flexibility index (Phi) is 3.34. The first-order valence-corrected chi connectivity index (χ1v) is 5.34. The average molecular weight is 235 g/mol. The summed E-state index contributed by atoms with van der Waals surface area (Å²) in [5.74, 6) is 0.200. The Morgan fingerprint density at radius 1 is 1.53 bits per heavy atom. The van der Waals surface area contributed by atoms with E-state index in [1.807, 2.05) is 0 Å². The number of fused-ring (bicyclic) bond motifs is 1. The van der Waals surface area contributed by atoms with E-state index in [1.54, 1.807) is 6.08 Å². The number of amides is 1. The van der Waals surface area contributed by atoms with Crippen LogP contribution in [0.5, 0.6) is 0 Å². The summed E-state index contributed by atoms with van der Waals surface area (Å²) >= 11 is 0. The standard InChI is InChI=1S/C11H13N3O3/c12-6-10(16)13-4-3-11-14-8-2-1-7(15)5-9(8)17-11/h1-2,5,11H,3-4,6,12H2,(H,13,16). The van der Waals surface area contributed by atoms with Crippen molar-refractivity contribution in [1.82, 2.24) is 5.32 Å². The lowest BCUT2D eigenvalue weighted by Gasteiger charge is -2.09. The minimum atomic E-state index is -0.343. The van der Waals surface area contributed by atoms with Crippen LogP contribution in [0.3, 0.4) is 0 Å². The molecule has 0 saturated carbocycles. The molecule has 1 aliphatic carbocycles. The molecular formula is C11H13N3O3. The van der Waals surface area contributed by atoms with Crippen molar-refractivity contribution in [2.24, 2.45) is 10.7 Å². The molecule has 1 unspecified atom stereocenters. The largest absolute Gasteiger partial charge is 0.466 e. The smallest absolute Gasteiger partial charge is 0.233 e. The lowest BCUT2D eigenvalue weighted by atomic mass is 10.1. The van der Waals surface area contributed by atoms with Crippen molar-refractivity contribution in [2.75, 3.05) is 13.1 Å². The summed E-state index contributed by atoms with van der Waals surface area (Å²) in [5, 5.41) is 2.63. The van der Waals surface area contributed by atoms with Gasteiger partial charge in [0.1, 0.15) is 5.71 Å². The number of hydrogen-bond donors (Lipinski definition) is 2. The molecule has 0 aromatic rings. The van der Waals surface area contributed by atoms with Gasteiger partial charge in [0.05, 0.1) is 6.54 Å². The summed E-state index contributed by atoms with van der Waals surface area (Å²) in [5.41, 5.74) is 5.83. The zero-order valence-corrected chi connectivity index (χ0v) is 9.18. The van der Waals surface area contributed by atoms with Gasteiger partial charge in [0.2, 0.25) is 5.91 Å². The summed E-state index contributed by atoms with van der Waals surface area (Å²) < 4.78 is 5.45. The number of nitrogens with zero attached hydrogens (tertiary/aromatic N) is 1. The van der Waals surface area contributed by atoms with Crippen molar-refractivity contribution < 1.29 is 14.3 Å². The maximum atomic E-state index is 11.1. The molecule has 6 heteroatoms. The van der Waals surface area contributed by atoms with Crippen molar-refractivity contribution in [3.63, 3.8) is 0 Å². The molecule has 0 aromatic heterocycles. The third-order valence-electron chi connectivity index (χ3n) is 2.38. The van der Waals surface area contributed by atoms with Gasteiger partial charge in [-0.25, -0.2) is 4.99 Å². The van der Waals surface area contributed by atoms with Crippen molar-refractivity contribution in [2.45, 2.75) is 12.6 Å². The second-order valence-electron chi connectivity index (χ2n) is 3.67. The number of rotatable bonds is 4. The summed E-state index contributed by atoms with van der Waals surface area (Å²) in [4.78, 5) is 26.3. The third kappa shape index (κ3) is 2.79. The van der Waals surface area contributed by atoms with E-state index in [-0.39, 0.29) is 24.5 Å². The highest BCUT2D eigenvalue weighted by molar-refractivity contribution is 6.19. The number of nitrogens with two attached hydrogens (primary N) is 1. The quantitative estimate of drug-likeness (QED) is 0.628. The molecular weight excluding hydrogens is 222 g/mol. The van der Waals surface area contributed by atoms with Gasteiger partial charge in [0.25, 0.3) is 0 Å². The van der Waals surface area contributed by atoms with E-state index >= 15 is 0 Å². The topological polar surface area (TPSA) is 93.8 Å². The Morgan fingerprint density at radius 2 is 2.35 bits per heavy atom. The molecule has 0 bridgehead atoms. The average Bonchev–Trinajstić information content (AvgIpc) is 2.70. The van der Waals surface area contributed by atoms with Gasteiger partial charge in [-0.3, -0.25) is 9.59 Å². The number of ether oxygens (including phenoxy) is 1. The number of nitrogens with one attached hydrogen (secondary N) is 1. The van der Waals surface area contributed by atoms with Gasteiger partial charge in [0.15, 0.2) is 17.8 Å². The molecule has 1 amide bonds. The molecule has 0 spiro atoms. The van der Waals surface area contributed by atoms with Gasteiger partial charge in [-0.2, -0.15) is 0 Å². The molecule has 0 fully saturated rings. The second-order valence-corrected chi connectivity index (χ2v) is 3.67. The Bertz CT molecular complexity index is 437. The number of aliphatic imine (C=N–C) groups is 1. The highest BCUT2D eigenvalue weighted by atomic mass is 16.5. The van der Waals surface area contributed by atoms with Crippen molar-refractivity contribution >= 4 is 17.4 Å². The van der Waals surface area contributed by atoms with Gasteiger partial charge < -0.3 is 15.8 Å². The van der Waals surface area contributed by atoms with Crippen LogP contribution in [0, 0.1) is 0 Å². The maximum absolute atomic E-state index is 11.1. The van der Waals surface area contributed by atoms with E-state index in [9.17, 15) is 9.59 Å². The number of allylic oxidation sites excluding steroid dienone is 3. The van der Waals surface area contributed by atoms with Crippen LogP contribution in [0.15, 0.2) is 29.0 Å². The van der Waals surface area contributed by atoms with Gasteiger partial charge >= 0.3 is 0 Å². The number of carbonyl (C=O) groups excluding carboxylic acids is 2. The zero-order chi connectivity index (χ0) is 12.3. The minimum absolute atomic E-state index is 0.0254.